The molecule has 2 bridgehead atoms. The minimum absolute atomic E-state index is 0.180. The Balaban J connectivity index is 1.46. The molecule has 2 saturated heterocycles. The molecule has 6 rings (SSSR count). The van der Waals surface area contributed by atoms with Crippen molar-refractivity contribution in [1.29, 1.82) is 0 Å². The molecular weight excluding hydrogens is 466 g/mol. The van der Waals surface area contributed by atoms with Gasteiger partial charge in [0.05, 0.1) is 38.5 Å². The average molecular weight is 489 g/mol. The number of benzene rings is 2. The van der Waals surface area contributed by atoms with Gasteiger partial charge in [-0.1, -0.05) is 24.3 Å². The zero-order valence-corrected chi connectivity index (χ0v) is 19.5. The lowest BCUT2D eigenvalue weighted by Gasteiger charge is -2.29. The van der Waals surface area contributed by atoms with Crippen molar-refractivity contribution in [2.45, 2.75) is 17.7 Å². The highest BCUT2D eigenvalue weighted by atomic mass is 16.5. The van der Waals surface area contributed by atoms with Crippen LogP contribution in [-0.2, 0) is 14.3 Å². The first-order chi connectivity index (χ1) is 17.5. The average Bonchev–Trinajstić information content (AvgIpc) is 3.67. The van der Waals surface area contributed by atoms with Gasteiger partial charge in [-0.3, -0.25) is 9.59 Å². The number of fused-ring (bicyclic) bond motifs is 1. The van der Waals surface area contributed by atoms with Crippen LogP contribution in [0.2, 0.25) is 0 Å². The molecule has 2 fully saturated rings. The summed E-state index contributed by atoms with van der Waals surface area (Å²) in [5, 5.41) is 22.3. The minimum Gasteiger partial charge on any atom is -0.497 e. The van der Waals surface area contributed by atoms with Crippen molar-refractivity contribution >= 4 is 11.9 Å². The summed E-state index contributed by atoms with van der Waals surface area (Å²) in [6, 6.07) is 13.8. The number of carbonyl (C=O) groups excluding carboxylic acids is 1. The van der Waals surface area contributed by atoms with Gasteiger partial charge in [0.25, 0.3) is 0 Å². The summed E-state index contributed by atoms with van der Waals surface area (Å²) in [6.45, 7) is 0.180. The first-order valence-corrected chi connectivity index (χ1v) is 11.4. The number of nitrogens with zero attached hydrogens (tertiary/aromatic N) is 5. The Labute approximate surface area is 205 Å². The zero-order valence-electron chi connectivity index (χ0n) is 19.5. The molecule has 11 nitrogen and oxygen atoms in total. The molecular formula is C25H23N5O6. The predicted octanol–water partition coefficient (Wildman–Crippen LogP) is 1.64. The van der Waals surface area contributed by atoms with Crippen LogP contribution in [0.25, 0.3) is 5.69 Å². The topological polar surface area (TPSA) is 129 Å². The molecule has 0 aliphatic carbocycles. The molecule has 2 aromatic carbocycles. The summed E-state index contributed by atoms with van der Waals surface area (Å²) in [4.78, 5) is 27.6. The van der Waals surface area contributed by atoms with E-state index in [0.29, 0.717) is 23.0 Å². The fourth-order valence-electron chi connectivity index (χ4n) is 5.56. The van der Waals surface area contributed by atoms with Crippen molar-refractivity contribution in [3.63, 3.8) is 0 Å². The third-order valence-electron chi connectivity index (χ3n) is 7.21. The van der Waals surface area contributed by atoms with Gasteiger partial charge >= 0.3 is 5.97 Å². The number of tetrazole rings is 1. The van der Waals surface area contributed by atoms with Crippen molar-refractivity contribution in [2.75, 3.05) is 20.8 Å². The van der Waals surface area contributed by atoms with Crippen LogP contribution in [0.4, 0.5) is 0 Å². The fourth-order valence-corrected chi connectivity index (χ4v) is 5.56. The van der Waals surface area contributed by atoms with Crippen LogP contribution in [0.5, 0.6) is 11.5 Å². The van der Waals surface area contributed by atoms with E-state index in [4.69, 9.17) is 14.2 Å². The molecule has 4 heterocycles. The van der Waals surface area contributed by atoms with E-state index in [9.17, 15) is 14.7 Å². The van der Waals surface area contributed by atoms with Gasteiger partial charge in [0.15, 0.2) is 5.82 Å². The number of hydrogen-bond acceptors (Lipinski definition) is 8. The lowest BCUT2D eigenvalue weighted by Crippen LogP contribution is -2.39. The number of hydrogen-bond donors (Lipinski definition) is 1. The summed E-state index contributed by atoms with van der Waals surface area (Å²) in [7, 11) is 3.16. The number of rotatable bonds is 7. The highest BCUT2D eigenvalue weighted by molar-refractivity contribution is 5.91. The Bertz CT molecular complexity index is 1350. The maximum atomic E-state index is 13.9. The van der Waals surface area contributed by atoms with Gasteiger partial charge in [-0.05, 0) is 52.4 Å². The van der Waals surface area contributed by atoms with E-state index < -0.39 is 35.6 Å². The van der Waals surface area contributed by atoms with E-state index in [-0.39, 0.29) is 12.5 Å². The molecule has 0 saturated carbocycles. The van der Waals surface area contributed by atoms with Crippen molar-refractivity contribution in [1.82, 2.24) is 25.1 Å². The van der Waals surface area contributed by atoms with E-state index in [1.807, 2.05) is 30.3 Å². The highest BCUT2D eigenvalue weighted by Gasteiger charge is 2.68. The number of aliphatic carboxylic acids is 1. The number of carbonyl (C=O) groups is 2. The molecule has 1 spiro atoms. The van der Waals surface area contributed by atoms with Gasteiger partial charge in [-0.2, -0.15) is 4.68 Å². The third-order valence-corrected chi connectivity index (χ3v) is 7.21. The Morgan fingerprint density at radius 1 is 1.11 bits per heavy atom. The van der Waals surface area contributed by atoms with Gasteiger partial charge in [-0.15, -0.1) is 5.10 Å². The molecule has 184 valence electrons. The Kier molecular flexibility index (Phi) is 5.04. The standard InChI is InChI=1S/C25H23N5O6/c1-34-16-7-3-14(4-8-16)21(22-26-27-28-30(22)15-5-9-17(35-2)10-6-15)29-13-25-12-11-18(36-25)19(24(32)33)20(25)23(29)31/h3-12,18-21H,13H2,1-2H3,(H,32,33)/t18-,19+,20+,21-,25-/m1/s1. The van der Waals surface area contributed by atoms with E-state index in [1.165, 1.54) is 0 Å². The van der Waals surface area contributed by atoms with Crippen LogP contribution in [-0.4, -0.2) is 74.6 Å². The predicted molar refractivity (Wildman–Crippen MR) is 124 cm³/mol. The molecule has 3 aromatic rings. The SMILES string of the molecule is COc1ccc([C@H](c2nnnn2-c2ccc(OC)cc2)N2C[C@@]34C=C[C@@H](O3)[C@H](C(=O)O)[C@H]4C2=O)cc1. The van der Waals surface area contributed by atoms with Gasteiger partial charge in [-0.25, -0.2) is 0 Å². The first kappa shape index (κ1) is 22.2. The molecule has 1 amide bonds. The second kappa shape index (κ2) is 8.16. The number of carboxylic acid groups (broad SMARTS) is 1. The van der Waals surface area contributed by atoms with E-state index >= 15 is 0 Å². The molecule has 36 heavy (non-hydrogen) atoms. The Morgan fingerprint density at radius 3 is 2.42 bits per heavy atom. The lowest BCUT2D eigenvalue weighted by molar-refractivity contribution is -0.148. The molecule has 1 N–H and O–H groups in total. The molecule has 3 aliphatic heterocycles. The van der Waals surface area contributed by atoms with Gasteiger partial charge in [0, 0.05) is 0 Å². The van der Waals surface area contributed by atoms with Crippen LogP contribution < -0.4 is 9.47 Å². The smallest absolute Gasteiger partial charge is 0.310 e. The second-order valence-electron chi connectivity index (χ2n) is 9.03. The Morgan fingerprint density at radius 2 is 1.78 bits per heavy atom. The van der Waals surface area contributed by atoms with Crippen molar-refractivity contribution in [2.24, 2.45) is 11.8 Å². The van der Waals surface area contributed by atoms with Crippen molar-refractivity contribution in [3.05, 3.63) is 72.1 Å². The normalized spacial score (nSPS) is 26.8. The number of carboxylic acids is 1. The number of amides is 1. The summed E-state index contributed by atoms with van der Waals surface area (Å²) in [6.07, 6.45) is 2.97. The van der Waals surface area contributed by atoms with Crippen LogP contribution >= 0.6 is 0 Å². The van der Waals surface area contributed by atoms with Crippen LogP contribution in [0.15, 0.2) is 60.7 Å². The summed E-state index contributed by atoms with van der Waals surface area (Å²) < 4.78 is 18.2. The molecule has 11 heteroatoms. The number of methoxy groups -OCH3 is 2. The first-order valence-electron chi connectivity index (χ1n) is 11.4. The molecule has 5 atom stereocenters. The monoisotopic (exact) mass is 489 g/mol. The quantitative estimate of drug-likeness (QED) is 0.492. The minimum atomic E-state index is -1.05. The van der Waals surface area contributed by atoms with E-state index in [1.54, 1.807) is 54.1 Å². The molecule has 1 aromatic heterocycles. The van der Waals surface area contributed by atoms with E-state index in [0.717, 1.165) is 5.56 Å². The molecule has 0 radical (unpaired) electrons. The zero-order chi connectivity index (χ0) is 25.0. The summed E-state index contributed by atoms with van der Waals surface area (Å²) >= 11 is 0. The molecule has 3 aliphatic rings. The maximum Gasteiger partial charge on any atom is 0.310 e. The van der Waals surface area contributed by atoms with Gasteiger partial charge < -0.3 is 24.2 Å². The van der Waals surface area contributed by atoms with Crippen molar-refractivity contribution < 1.29 is 28.9 Å². The number of ether oxygens (including phenoxy) is 3. The number of likely N-dealkylation sites (tertiary alicyclic amines) is 1. The summed E-state index contributed by atoms with van der Waals surface area (Å²) in [5.41, 5.74) is 0.434. The Hall–Kier alpha value is -4.25. The second-order valence-corrected chi connectivity index (χ2v) is 9.03. The van der Waals surface area contributed by atoms with Gasteiger partial charge in [0.1, 0.15) is 29.1 Å². The van der Waals surface area contributed by atoms with E-state index in [2.05, 4.69) is 15.5 Å². The van der Waals surface area contributed by atoms with Crippen LogP contribution in [0.1, 0.15) is 17.4 Å². The third kappa shape index (κ3) is 3.19. The maximum absolute atomic E-state index is 13.9. The molecule has 0 unspecified atom stereocenters. The highest BCUT2D eigenvalue weighted by Crippen LogP contribution is 2.53. The van der Waals surface area contributed by atoms with Gasteiger partial charge in [0.2, 0.25) is 5.91 Å². The number of aromatic nitrogens is 4. The van der Waals surface area contributed by atoms with Crippen LogP contribution in [0.3, 0.4) is 0 Å². The summed E-state index contributed by atoms with van der Waals surface area (Å²) in [5.74, 6) is -1.37. The largest absolute Gasteiger partial charge is 0.497 e. The lowest BCUT2D eigenvalue weighted by atomic mass is 9.77. The fraction of sp³-hybridized carbons (Fsp3) is 0.320. The van der Waals surface area contributed by atoms with Crippen molar-refractivity contribution in [3.8, 4) is 17.2 Å². The van der Waals surface area contributed by atoms with Crippen LogP contribution in [0, 0.1) is 11.8 Å².